The number of ether oxygens (including phenoxy) is 3. The number of hydrogen-bond acceptors (Lipinski definition) is 4. The highest BCUT2D eigenvalue weighted by molar-refractivity contribution is 5.76. The van der Waals surface area contributed by atoms with E-state index in [1.165, 1.54) is 32.1 Å². The molecule has 1 atom stereocenters. The van der Waals surface area contributed by atoms with Gasteiger partial charge < -0.3 is 19.3 Å². The van der Waals surface area contributed by atoms with Crippen molar-refractivity contribution in [3.63, 3.8) is 0 Å². The highest BCUT2D eigenvalue weighted by Crippen LogP contribution is 2.26. The fourth-order valence-electron chi connectivity index (χ4n) is 2.95. The van der Waals surface area contributed by atoms with Crippen LogP contribution in [0.4, 0.5) is 0 Å². The molecule has 27 heavy (non-hydrogen) atoms. The van der Waals surface area contributed by atoms with Gasteiger partial charge in [-0.15, -0.1) is 0 Å². The molecule has 0 aliphatic carbocycles. The molecule has 1 rings (SSSR count). The standard InChI is InChI=1S/C22H36O5/c1-3-5-6-7-8-9-10-14-17-22(21(23)24,26-19-18-25-4-2)27-20-15-12-11-13-16-20/h11-13,15-16H,3-10,14,17-19H2,1-2H3,(H,23,24). The van der Waals surface area contributed by atoms with Crippen molar-refractivity contribution >= 4 is 5.97 Å². The second-order valence-corrected chi connectivity index (χ2v) is 6.74. The highest BCUT2D eigenvalue weighted by atomic mass is 16.7. The second kappa shape index (κ2) is 14.5. The van der Waals surface area contributed by atoms with Gasteiger partial charge in [-0.3, -0.25) is 0 Å². The van der Waals surface area contributed by atoms with Crippen molar-refractivity contribution in [3.8, 4) is 5.75 Å². The maximum Gasteiger partial charge on any atom is 0.377 e. The van der Waals surface area contributed by atoms with Gasteiger partial charge in [-0.05, 0) is 25.5 Å². The summed E-state index contributed by atoms with van der Waals surface area (Å²) in [5, 5.41) is 9.85. The van der Waals surface area contributed by atoms with Crippen LogP contribution in [-0.4, -0.2) is 36.7 Å². The van der Waals surface area contributed by atoms with Crippen LogP contribution in [0.2, 0.25) is 0 Å². The molecule has 0 aromatic heterocycles. The van der Waals surface area contributed by atoms with Gasteiger partial charge in [0.2, 0.25) is 0 Å². The number of carboxylic acid groups (broad SMARTS) is 1. The molecule has 1 aromatic rings. The van der Waals surface area contributed by atoms with Crippen LogP contribution < -0.4 is 4.74 Å². The van der Waals surface area contributed by atoms with Crippen molar-refractivity contribution < 1.29 is 24.1 Å². The van der Waals surface area contributed by atoms with Crippen LogP contribution in [0.25, 0.3) is 0 Å². The molecular formula is C22H36O5. The van der Waals surface area contributed by atoms with Crippen molar-refractivity contribution in [1.29, 1.82) is 0 Å². The van der Waals surface area contributed by atoms with E-state index in [2.05, 4.69) is 6.92 Å². The Labute approximate surface area is 164 Å². The summed E-state index contributed by atoms with van der Waals surface area (Å²) in [6.07, 6.45) is 9.44. The summed E-state index contributed by atoms with van der Waals surface area (Å²) in [5.41, 5.74) is 0. The summed E-state index contributed by atoms with van der Waals surface area (Å²) in [4.78, 5) is 12.0. The van der Waals surface area contributed by atoms with E-state index < -0.39 is 11.8 Å². The van der Waals surface area contributed by atoms with E-state index in [0.29, 0.717) is 25.4 Å². The first-order valence-corrected chi connectivity index (χ1v) is 10.3. The van der Waals surface area contributed by atoms with Crippen molar-refractivity contribution in [1.82, 2.24) is 0 Å². The molecule has 0 radical (unpaired) electrons. The number of benzene rings is 1. The lowest BCUT2D eigenvalue weighted by Crippen LogP contribution is -2.48. The summed E-state index contributed by atoms with van der Waals surface area (Å²) >= 11 is 0. The average Bonchev–Trinajstić information content (AvgIpc) is 2.67. The summed E-state index contributed by atoms with van der Waals surface area (Å²) in [6, 6.07) is 9.00. The van der Waals surface area contributed by atoms with Crippen LogP contribution in [0, 0.1) is 0 Å². The van der Waals surface area contributed by atoms with Gasteiger partial charge in [0.15, 0.2) is 0 Å². The Morgan fingerprint density at radius 2 is 1.56 bits per heavy atom. The lowest BCUT2D eigenvalue weighted by molar-refractivity contribution is -0.218. The lowest BCUT2D eigenvalue weighted by Gasteiger charge is -2.30. The number of aliphatic carboxylic acids is 1. The molecule has 0 aliphatic heterocycles. The Morgan fingerprint density at radius 1 is 0.926 bits per heavy atom. The first-order chi connectivity index (χ1) is 13.1. The third-order valence-corrected chi connectivity index (χ3v) is 4.48. The Bertz CT molecular complexity index is 491. The summed E-state index contributed by atoms with van der Waals surface area (Å²) in [7, 11) is 0. The zero-order valence-corrected chi connectivity index (χ0v) is 17.0. The molecule has 0 heterocycles. The zero-order chi connectivity index (χ0) is 19.8. The third kappa shape index (κ3) is 9.78. The Hall–Kier alpha value is -1.59. The molecule has 0 saturated heterocycles. The molecule has 1 unspecified atom stereocenters. The van der Waals surface area contributed by atoms with Crippen molar-refractivity contribution in [2.75, 3.05) is 19.8 Å². The van der Waals surface area contributed by atoms with Gasteiger partial charge in [0, 0.05) is 13.0 Å². The molecule has 0 saturated carbocycles. The minimum absolute atomic E-state index is 0.185. The number of carboxylic acids is 1. The van der Waals surface area contributed by atoms with E-state index in [-0.39, 0.29) is 6.61 Å². The predicted octanol–water partition coefficient (Wildman–Crippen LogP) is 5.43. The SMILES string of the molecule is CCCCCCCCCCC(OCCOCC)(Oc1ccccc1)C(=O)O. The smallest absolute Gasteiger partial charge is 0.377 e. The van der Waals surface area contributed by atoms with E-state index in [1.807, 2.05) is 25.1 Å². The third-order valence-electron chi connectivity index (χ3n) is 4.48. The van der Waals surface area contributed by atoms with E-state index in [9.17, 15) is 9.90 Å². The van der Waals surface area contributed by atoms with Crippen LogP contribution in [0.5, 0.6) is 5.75 Å². The first-order valence-electron chi connectivity index (χ1n) is 10.3. The number of rotatable bonds is 17. The van der Waals surface area contributed by atoms with E-state index >= 15 is 0 Å². The van der Waals surface area contributed by atoms with Crippen molar-refractivity contribution in [2.24, 2.45) is 0 Å². The highest BCUT2D eigenvalue weighted by Gasteiger charge is 2.42. The molecule has 1 aromatic carbocycles. The predicted molar refractivity (Wildman–Crippen MR) is 107 cm³/mol. The van der Waals surface area contributed by atoms with Gasteiger partial charge in [0.25, 0.3) is 0 Å². The lowest BCUT2D eigenvalue weighted by atomic mass is 10.0. The summed E-state index contributed by atoms with van der Waals surface area (Å²) in [6.45, 7) is 5.21. The molecule has 0 aliphatic rings. The molecular weight excluding hydrogens is 344 g/mol. The van der Waals surface area contributed by atoms with Crippen LogP contribution in [0.1, 0.15) is 71.6 Å². The number of hydrogen-bond donors (Lipinski definition) is 1. The van der Waals surface area contributed by atoms with E-state index in [0.717, 1.165) is 19.3 Å². The first kappa shape index (κ1) is 23.4. The maximum absolute atomic E-state index is 12.0. The largest absolute Gasteiger partial charge is 0.476 e. The van der Waals surface area contributed by atoms with Gasteiger partial charge in [-0.1, -0.05) is 70.1 Å². The van der Waals surface area contributed by atoms with Gasteiger partial charge in [-0.2, -0.15) is 0 Å². The van der Waals surface area contributed by atoms with E-state index in [4.69, 9.17) is 14.2 Å². The fourth-order valence-corrected chi connectivity index (χ4v) is 2.95. The van der Waals surface area contributed by atoms with Crippen LogP contribution >= 0.6 is 0 Å². The maximum atomic E-state index is 12.0. The normalized spacial score (nSPS) is 13.3. The van der Waals surface area contributed by atoms with Gasteiger partial charge in [0.1, 0.15) is 5.75 Å². The monoisotopic (exact) mass is 380 g/mol. The zero-order valence-electron chi connectivity index (χ0n) is 17.0. The molecule has 0 fully saturated rings. The Morgan fingerprint density at radius 3 is 2.15 bits per heavy atom. The van der Waals surface area contributed by atoms with Crippen LogP contribution in [0.15, 0.2) is 30.3 Å². The molecule has 0 spiro atoms. The summed E-state index contributed by atoms with van der Waals surface area (Å²) < 4.78 is 16.8. The Balaban J connectivity index is 2.58. The van der Waals surface area contributed by atoms with Crippen molar-refractivity contribution in [3.05, 3.63) is 30.3 Å². The average molecular weight is 381 g/mol. The topological polar surface area (TPSA) is 65.0 Å². The number of para-hydroxylation sites is 1. The van der Waals surface area contributed by atoms with Crippen LogP contribution in [0.3, 0.4) is 0 Å². The molecule has 0 amide bonds. The van der Waals surface area contributed by atoms with Crippen LogP contribution in [-0.2, 0) is 14.3 Å². The minimum Gasteiger partial charge on any atom is -0.476 e. The van der Waals surface area contributed by atoms with Gasteiger partial charge >= 0.3 is 11.8 Å². The molecule has 5 heteroatoms. The second-order valence-electron chi connectivity index (χ2n) is 6.74. The van der Waals surface area contributed by atoms with E-state index in [1.54, 1.807) is 12.1 Å². The van der Waals surface area contributed by atoms with Gasteiger partial charge in [0.05, 0.1) is 13.2 Å². The van der Waals surface area contributed by atoms with Crippen molar-refractivity contribution in [2.45, 2.75) is 77.4 Å². The molecule has 1 N–H and O–H groups in total. The molecule has 154 valence electrons. The quantitative estimate of drug-likeness (QED) is 0.288. The number of carbonyl (C=O) groups is 1. The van der Waals surface area contributed by atoms with Gasteiger partial charge in [-0.25, -0.2) is 4.79 Å². The molecule has 5 nitrogen and oxygen atoms in total. The minimum atomic E-state index is -1.67. The fraction of sp³-hybridized carbons (Fsp3) is 0.682. The Kier molecular flexibility index (Phi) is 12.6. The summed E-state index contributed by atoms with van der Waals surface area (Å²) in [5.74, 6) is -2.26. The molecule has 0 bridgehead atoms. The number of unbranched alkanes of at least 4 members (excludes halogenated alkanes) is 7.